The van der Waals surface area contributed by atoms with Gasteiger partial charge in [-0.2, -0.15) is 0 Å². The average Bonchev–Trinajstić information content (AvgIpc) is 3.10. The number of benzene rings is 1. The number of rotatable bonds is 4. The standard InChI is InChI=1S/C12H16FNO2/c1-16-12-8(3-2-4-9(12)13)10(14)11(15)7-5-6-7/h2-4,7,10-11,15H,5-6,14H2,1H3/t10-,11+/m0/s1. The van der Waals surface area contributed by atoms with Crippen molar-refractivity contribution in [1.29, 1.82) is 0 Å². The first-order valence-corrected chi connectivity index (χ1v) is 5.41. The van der Waals surface area contributed by atoms with Crippen LogP contribution in [0, 0.1) is 11.7 Å². The predicted octanol–water partition coefficient (Wildman–Crippen LogP) is 1.60. The van der Waals surface area contributed by atoms with Gasteiger partial charge in [0.2, 0.25) is 0 Å². The van der Waals surface area contributed by atoms with Gasteiger partial charge in [-0.25, -0.2) is 4.39 Å². The van der Waals surface area contributed by atoms with Gasteiger partial charge in [-0.15, -0.1) is 0 Å². The molecule has 0 heterocycles. The molecule has 1 aliphatic rings. The van der Waals surface area contributed by atoms with Crippen LogP contribution in [-0.2, 0) is 0 Å². The Bertz CT molecular complexity index is 379. The summed E-state index contributed by atoms with van der Waals surface area (Å²) < 4.78 is 18.4. The summed E-state index contributed by atoms with van der Waals surface area (Å²) in [6.45, 7) is 0. The van der Waals surface area contributed by atoms with Gasteiger partial charge in [0.1, 0.15) is 0 Å². The summed E-state index contributed by atoms with van der Waals surface area (Å²) in [5.74, 6) is -0.0591. The Labute approximate surface area is 94.0 Å². The molecule has 1 fully saturated rings. The first-order chi connectivity index (χ1) is 7.65. The van der Waals surface area contributed by atoms with Crippen LogP contribution in [0.5, 0.6) is 5.75 Å². The van der Waals surface area contributed by atoms with Crippen LogP contribution in [0.2, 0.25) is 0 Å². The van der Waals surface area contributed by atoms with E-state index in [0.29, 0.717) is 5.56 Å². The summed E-state index contributed by atoms with van der Waals surface area (Å²) in [4.78, 5) is 0. The first kappa shape index (κ1) is 11.4. The van der Waals surface area contributed by atoms with Crippen molar-refractivity contribution < 1.29 is 14.2 Å². The number of hydrogen-bond acceptors (Lipinski definition) is 3. The van der Waals surface area contributed by atoms with E-state index < -0.39 is 18.0 Å². The molecule has 2 atom stereocenters. The molecule has 0 saturated heterocycles. The number of methoxy groups -OCH3 is 1. The van der Waals surface area contributed by atoms with Crippen molar-refractivity contribution in [3.63, 3.8) is 0 Å². The van der Waals surface area contributed by atoms with E-state index in [9.17, 15) is 9.50 Å². The Kier molecular flexibility index (Phi) is 3.12. The molecule has 0 amide bonds. The Morgan fingerprint density at radius 1 is 1.50 bits per heavy atom. The molecule has 3 nitrogen and oxygen atoms in total. The summed E-state index contributed by atoms with van der Waals surface area (Å²) in [5, 5.41) is 9.92. The number of aliphatic hydroxyl groups is 1. The second kappa shape index (κ2) is 4.39. The number of halogens is 1. The topological polar surface area (TPSA) is 55.5 Å². The maximum absolute atomic E-state index is 13.4. The highest BCUT2D eigenvalue weighted by Crippen LogP contribution is 2.39. The van der Waals surface area contributed by atoms with Crippen molar-refractivity contribution in [3.05, 3.63) is 29.6 Å². The molecule has 2 rings (SSSR count). The Balaban J connectivity index is 2.27. The summed E-state index contributed by atoms with van der Waals surface area (Å²) in [5.41, 5.74) is 6.46. The van der Waals surface area contributed by atoms with Crippen molar-refractivity contribution in [1.82, 2.24) is 0 Å². The van der Waals surface area contributed by atoms with Crippen molar-refractivity contribution in [2.75, 3.05) is 7.11 Å². The van der Waals surface area contributed by atoms with E-state index in [4.69, 9.17) is 10.5 Å². The van der Waals surface area contributed by atoms with Crippen LogP contribution in [0.25, 0.3) is 0 Å². The van der Waals surface area contributed by atoms with E-state index in [1.165, 1.54) is 13.2 Å². The molecule has 0 unspecified atom stereocenters. The SMILES string of the molecule is COc1c(F)cccc1[C@H](N)[C@H](O)C1CC1. The van der Waals surface area contributed by atoms with Crippen molar-refractivity contribution in [2.24, 2.45) is 11.7 Å². The molecule has 0 bridgehead atoms. The van der Waals surface area contributed by atoms with Crippen molar-refractivity contribution in [3.8, 4) is 5.75 Å². The van der Waals surface area contributed by atoms with Gasteiger partial charge in [-0.3, -0.25) is 0 Å². The molecular weight excluding hydrogens is 209 g/mol. The van der Waals surface area contributed by atoms with E-state index in [-0.39, 0.29) is 11.7 Å². The van der Waals surface area contributed by atoms with Crippen LogP contribution in [0.15, 0.2) is 18.2 Å². The van der Waals surface area contributed by atoms with Gasteiger partial charge < -0.3 is 15.6 Å². The van der Waals surface area contributed by atoms with Crippen LogP contribution < -0.4 is 10.5 Å². The number of hydrogen-bond donors (Lipinski definition) is 2. The van der Waals surface area contributed by atoms with Crippen molar-refractivity contribution in [2.45, 2.75) is 25.0 Å². The highest BCUT2D eigenvalue weighted by molar-refractivity contribution is 5.38. The maximum Gasteiger partial charge on any atom is 0.165 e. The molecule has 1 aromatic carbocycles. The van der Waals surface area contributed by atoms with Gasteiger partial charge in [-0.05, 0) is 24.8 Å². The minimum absolute atomic E-state index is 0.134. The number of nitrogens with two attached hydrogens (primary N) is 1. The minimum Gasteiger partial charge on any atom is -0.493 e. The van der Waals surface area contributed by atoms with Crippen molar-refractivity contribution >= 4 is 0 Å². The third-order valence-electron chi connectivity index (χ3n) is 3.03. The minimum atomic E-state index is -0.615. The lowest BCUT2D eigenvalue weighted by Crippen LogP contribution is -2.28. The molecule has 0 radical (unpaired) electrons. The number of para-hydroxylation sites is 1. The third-order valence-corrected chi connectivity index (χ3v) is 3.03. The summed E-state index contributed by atoms with van der Waals surface area (Å²) >= 11 is 0. The van der Waals surface area contributed by atoms with E-state index in [1.54, 1.807) is 12.1 Å². The van der Waals surface area contributed by atoms with Gasteiger partial charge in [0.15, 0.2) is 11.6 Å². The van der Waals surface area contributed by atoms with Crippen LogP contribution in [0.3, 0.4) is 0 Å². The summed E-state index contributed by atoms with van der Waals surface area (Å²) in [7, 11) is 1.40. The highest BCUT2D eigenvalue weighted by Gasteiger charge is 2.35. The molecule has 1 aliphatic carbocycles. The molecule has 3 N–H and O–H groups in total. The Hall–Kier alpha value is -1.13. The molecule has 0 aliphatic heterocycles. The lowest BCUT2D eigenvalue weighted by molar-refractivity contribution is 0.121. The molecule has 88 valence electrons. The zero-order valence-electron chi connectivity index (χ0n) is 9.19. The summed E-state index contributed by atoms with van der Waals surface area (Å²) in [6, 6.07) is 4.00. The largest absolute Gasteiger partial charge is 0.493 e. The zero-order chi connectivity index (χ0) is 11.7. The Morgan fingerprint density at radius 2 is 2.19 bits per heavy atom. The average molecular weight is 225 g/mol. The fourth-order valence-electron chi connectivity index (χ4n) is 1.92. The van der Waals surface area contributed by atoms with Gasteiger partial charge in [0, 0.05) is 5.56 Å². The Morgan fingerprint density at radius 3 is 2.75 bits per heavy atom. The molecule has 0 aromatic heterocycles. The fourth-order valence-corrected chi connectivity index (χ4v) is 1.92. The van der Waals surface area contributed by atoms with Gasteiger partial charge in [0.25, 0.3) is 0 Å². The molecule has 16 heavy (non-hydrogen) atoms. The van der Waals surface area contributed by atoms with Gasteiger partial charge >= 0.3 is 0 Å². The second-order valence-corrected chi connectivity index (χ2v) is 4.22. The third kappa shape index (κ3) is 2.03. The van der Waals surface area contributed by atoms with Crippen LogP contribution >= 0.6 is 0 Å². The molecule has 1 aromatic rings. The lowest BCUT2D eigenvalue weighted by atomic mass is 9.98. The first-order valence-electron chi connectivity index (χ1n) is 5.41. The van der Waals surface area contributed by atoms with Crippen LogP contribution in [-0.4, -0.2) is 18.3 Å². The van der Waals surface area contributed by atoms with Gasteiger partial charge in [-0.1, -0.05) is 12.1 Å². The molecule has 1 saturated carbocycles. The fraction of sp³-hybridized carbons (Fsp3) is 0.500. The van der Waals surface area contributed by atoms with E-state index in [1.807, 2.05) is 0 Å². The smallest absolute Gasteiger partial charge is 0.165 e. The van der Waals surface area contributed by atoms with Crippen LogP contribution in [0.1, 0.15) is 24.4 Å². The van der Waals surface area contributed by atoms with Crippen LogP contribution in [0.4, 0.5) is 4.39 Å². The van der Waals surface area contributed by atoms with Gasteiger partial charge in [0.05, 0.1) is 19.3 Å². The summed E-state index contributed by atoms with van der Waals surface area (Å²) in [6.07, 6.45) is 1.37. The quantitative estimate of drug-likeness (QED) is 0.818. The van der Waals surface area contributed by atoms with E-state index in [0.717, 1.165) is 12.8 Å². The number of ether oxygens (including phenoxy) is 1. The molecular formula is C12H16FNO2. The predicted molar refractivity (Wildman–Crippen MR) is 58.6 cm³/mol. The monoisotopic (exact) mass is 225 g/mol. The normalized spacial score (nSPS) is 19.2. The number of aliphatic hydroxyl groups excluding tert-OH is 1. The molecule has 4 heteroatoms. The lowest BCUT2D eigenvalue weighted by Gasteiger charge is -2.21. The maximum atomic E-state index is 13.4. The highest BCUT2D eigenvalue weighted by atomic mass is 19.1. The zero-order valence-corrected chi connectivity index (χ0v) is 9.19. The molecule has 0 spiro atoms. The van der Waals surface area contributed by atoms with E-state index in [2.05, 4.69) is 0 Å². The second-order valence-electron chi connectivity index (χ2n) is 4.22. The van der Waals surface area contributed by atoms with E-state index >= 15 is 0 Å².